The lowest BCUT2D eigenvalue weighted by atomic mass is 10.1. The number of aromatic nitrogens is 2. The Morgan fingerprint density at radius 3 is 2.48 bits per heavy atom. The number of anilines is 1. The quantitative estimate of drug-likeness (QED) is 0.431. The minimum absolute atomic E-state index is 0.168. The molecule has 4 rings (SSSR count). The van der Waals surface area contributed by atoms with Gasteiger partial charge >= 0.3 is 0 Å². The van der Waals surface area contributed by atoms with Crippen molar-refractivity contribution >= 4 is 34.5 Å². The third-order valence-corrected chi connectivity index (χ3v) is 5.60. The average molecular weight is 420 g/mol. The molecule has 1 N–H and O–H groups in total. The molecular formula is C23H18ClN3OS. The first-order valence-corrected chi connectivity index (χ1v) is 10.3. The summed E-state index contributed by atoms with van der Waals surface area (Å²) in [5.74, 6) is -0.168. The van der Waals surface area contributed by atoms with Crippen molar-refractivity contribution in [1.82, 2.24) is 9.97 Å². The van der Waals surface area contributed by atoms with E-state index in [2.05, 4.69) is 15.3 Å². The van der Waals surface area contributed by atoms with Crippen molar-refractivity contribution in [3.05, 3.63) is 99.1 Å². The van der Waals surface area contributed by atoms with Crippen LogP contribution in [0.4, 0.5) is 5.69 Å². The van der Waals surface area contributed by atoms with Crippen molar-refractivity contribution in [3.63, 3.8) is 0 Å². The summed E-state index contributed by atoms with van der Waals surface area (Å²) < 4.78 is 0. The largest absolute Gasteiger partial charge is 0.321 e. The van der Waals surface area contributed by atoms with Crippen LogP contribution in [-0.2, 0) is 6.42 Å². The number of carbonyl (C=O) groups excluding carboxylic acids is 1. The normalized spacial score (nSPS) is 10.7. The third-order valence-electron chi connectivity index (χ3n) is 4.38. The van der Waals surface area contributed by atoms with Crippen molar-refractivity contribution in [1.29, 1.82) is 0 Å². The van der Waals surface area contributed by atoms with Gasteiger partial charge in [0.05, 0.1) is 10.7 Å². The lowest BCUT2D eigenvalue weighted by Crippen LogP contribution is -2.11. The molecule has 0 aliphatic carbocycles. The van der Waals surface area contributed by atoms with Crippen molar-refractivity contribution in [2.24, 2.45) is 0 Å². The summed E-state index contributed by atoms with van der Waals surface area (Å²) in [6.45, 7) is 1.90. The fourth-order valence-corrected chi connectivity index (χ4v) is 3.95. The highest BCUT2D eigenvalue weighted by atomic mass is 35.5. The summed E-state index contributed by atoms with van der Waals surface area (Å²) in [7, 11) is 0. The van der Waals surface area contributed by atoms with E-state index in [0.717, 1.165) is 33.9 Å². The number of halogens is 1. The number of pyridine rings is 1. The summed E-state index contributed by atoms with van der Waals surface area (Å²) in [6.07, 6.45) is 2.54. The van der Waals surface area contributed by atoms with Gasteiger partial charge < -0.3 is 5.32 Å². The molecule has 0 saturated carbocycles. The van der Waals surface area contributed by atoms with E-state index >= 15 is 0 Å². The first-order chi connectivity index (χ1) is 14.1. The topological polar surface area (TPSA) is 54.9 Å². The standard InChI is InChI=1S/C23H18ClN3OS/c1-15-26-21(17-7-9-18(24)10-8-17)22(29-15)23(28)27-19-11-5-16(6-12-19)14-20-4-2-3-13-25-20/h2-13H,14H2,1H3,(H,27,28). The van der Waals surface area contributed by atoms with Crippen LogP contribution in [0.5, 0.6) is 0 Å². The van der Waals surface area contributed by atoms with Crippen molar-refractivity contribution in [2.75, 3.05) is 5.32 Å². The van der Waals surface area contributed by atoms with E-state index in [0.29, 0.717) is 15.6 Å². The molecule has 144 valence electrons. The predicted octanol–water partition coefficient (Wildman–Crippen LogP) is 6.01. The van der Waals surface area contributed by atoms with Gasteiger partial charge in [0.25, 0.3) is 5.91 Å². The Bertz CT molecular complexity index is 1120. The smallest absolute Gasteiger partial charge is 0.268 e. The molecule has 4 nitrogen and oxygen atoms in total. The molecule has 1 amide bonds. The zero-order chi connectivity index (χ0) is 20.2. The maximum absolute atomic E-state index is 12.9. The fraction of sp³-hybridized carbons (Fsp3) is 0.0870. The molecule has 0 fully saturated rings. The molecule has 0 saturated heterocycles. The number of benzene rings is 2. The van der Waals surface area contributed by atoms with Crippen LogP contribution in [0.15, 0.2) is 72.9 Å². The molecule has 6 heteroatoms. The van der Waals surface area contributed by atoms with E-state index in [1.807, 2.05) is 61.5 Å². The lowest BCUT2D eigenvalue weighted by molar-refractivity contribution is 0.103. The number of aryl methyl sites for hydroxylation is 1. The van der Waals surface area contributed by atoms with E-state index in [9.17, 15) is 4.79 Å². The maximum atomic E-state index is 12.9. The molecule has 2 aromatic heterocycles. The van der Waals surface area contributed by atoms with Gasteiger partial charge in [-0.3, -0.25) is 9.78 Å². The van der Waals surface area contributed by atoms with Crippen LogP contribution in [0.1, 0.15) is 25.9 Å². The molecule has 2 heterocycles. The summed E-state index contributed by atoms with van der Waals surface area (Å²) in [5, 5.41) is 4.46. The number of nitrogens with zero attached hydrogens (tertiary/aromatic N) is 2. The second kappa shape index (κ2) is 8.55. The number of carbonyl (C=O) groups is 1. The van der Waals surface area contributed by atoms with Gasteiger partial charge in [-0.25, -0.2) is 4.98 Å². The monoisotopic (exact) mass is 419 g/mol. The Hall–Kier alpha value is -3.02. The minimum Gasteiger partial charge on any atom is -0.321 e. The van der Waals surface area contributed by atoms with E-state index < -0.39 is 0 Å². The van der Waals surface area contributed by atoms with Crippen molar-refractivity contribution in [2.45, 2.75) is 13.3 Å². The molecule has 2 aromatic carbocycles. The van der Waals surface area contributed by atoms with Gasteiger partial charge in [-0.15, -0.1) is 11.3 Å². The Balaban J connectivity index is 1.50. The minimum atomic E-state index is -0.168. The molecule has 0 radical (unpaired) electrons. The Morgan fingerprint density at radius 2 is 1.79 bits per heavy atom. The number of hydrogen-bond donors (Lipinski definition) is 1. The second-order valence-corrected chi connectivity index (χ2v) is 8.21. The van der Waals surface area contributed by atoms with Crippen LogP contribution in [0.2, 0.25) is 5.02 Å². The Labute approximate surface area is 178 Å². The van der Waals surface area contributed by atoms with E-state index in [1.54, 1.807) is 18.3 Å². The third kappa shape index (κ3) is 4.70. The summed E-state index contributed by atoms with van der Waals surface area (Å²) in [6, 6.07) is 21.1. The highest BCUT2D eigenvalue weighted by molar-refractivity contribution is 7.14. The molecule has 0 atom stereocenters. The summed E-state index contributed by atoms with van der Waals surface area (Å²) in [5.41, 5.74) is 4.44. The van der Waals surface area contributed by atoms with Gasteiger partial charge in [-0.05, 0) is 48.9 Å². The SMILES string of the molecule is Cc1nc(-c2ccc(Cl)cc2)c(C(=O)Nc2ccc(Cc3ccccn3)cc2)s1. The number of hydrogen-bond acceptors (Lipinski definition) is 4. The van der Waals surface area contributed by atoms with Crippen LogP contribution < -0.4 is 5.32 Å². The van der Waals surface area contributed by atoms with Crippen molar-refractivity contribution < 1.29 is 4.79 Å². The number of nitrogens with one attached hydrogen (secondary N) is 1. The van der Waals surface area contributed by atoms with Gasteiger partial charge in [0, 0.05) is 34.6 Å². The Morgan fingerprint density at radius 1 is 1.03 bits per heavy atom. The van der Waals surface area contributed by atoms with Crippen LogP contribution in [-0.4, -0.2) is 15.9 Å². The molecule has 29 heavy (non-hydrogen) atoms. The highest BCUT2D eigenvalue weighted by Crippen LogP contribution is 2.29. The molecular weight excluding hydrogens is 402 g/mol. The fourth-order valence-electron chi connectivity index (χ4n) is 2.99. The highest BCUT2D eigenvalue weighted by Gasteiger charge is 2.18. The maximum Gasteiger partial charge on any atom is 0.268 e. The Kier molecular flexibility index (Phi) is 5.69. The molecule has 0 unspecified atom stereocenters. The molecule has 4 aromatic rings. The predicted molar refractivity (Wildman–Crippen MR) is 119 cm³/mol. The molecule has 0 aliphatic heterocycles. The van der Waals surface area contributed by atoms with Gasteiger partial charge in [0.15, 0.2) is 0 Å². The zero-order valence-corrected chi connectivity index (χ0v) is 17.3. The van der Waals surface area contributed by atoms with Crippen LogP contribution in [0, 0.1) is 6.92 Å². The molecule has 0 bridgehead atoms. The van der Waals surface area contributed by atoms with E-state index in [1.165, 1.54) is 11.3 Å². The molecule has 0 aliphatic rings. The second-order valence-electron chi connectivity index (χ2n) is 6.57. The number of thiazole rings is 1. The van der Waals surface area contributed by atoms with Gasteiger partial charge in [-0.1, -0.05) is 41.9 Å². The van der Waals surface area contributed by atoms with Crippen LogP contribution >= 0.6 is 22.9 Å². The van der Waals surface area contributed by atoms with E-state index in [-0.39, 0.29) is 5.91 Å². The number of amides is 1. The van der Waals surface area contributed by atoms with Gasteiger partial charge in [0.2, 0.25) is 0 Å². The van der Waals surface area contributed by atoms with Crippen LogP contribution in [0.3, 0.4) is 0 Å². The summed E-state index contributed by atoms with van der Waals surface area (Å²) >= 11 is 7.36. The van der Waals surface area contributed by atoms with Gasteiger partial charge in [0.1, 0.15) is 4.88 Å². The zero-order valence-electron chi connectivity index (χ0n) is 15.7. The van der Waals surface area contributed by atoms with E-state index in [4.69, 9.17) is 11.6 Å². The first-order valence-electron chi connectivity index (χ1n) is 9.12. The first kappa shape index (κ1) is 19.3. The summed E-state index contributed by atoms with van der Waals surface area (Å²) in [4.78, 5) is 22.4. The van der Waals surface area contributed by atoms with Gasteiger partial charge in [-0.2, -0.15) is 0 Å². The lowest BCUT2D eigenvalue weighted by Gasteiger charge is -2.07. The number of rotatable bonds is 5. The molecule has 0 spiro atoms. The average Bonchev–Trinajstić information content (AvgIpc) is 3.13. The van der Waals surface area contributed by atoms with Crippen molar-refractivity contribution in [3.8, 4) is 11.3 Å². The van der Waals surface area contributed by atoms with Crippen LogP contribution in [0.25, 0.3) is 11.3 Å².